The first-order chi connectivity index (χ1) is 7.28. The van der Waals surface area contributed by atoms with Crippen LogP contribution in [0.1, 0.15) is 34.1 Å². The molecule has 0 aromatic rings. The van der Waals surface area contributed by atoms with Gasteiger partial charge in [0.2, 0.25) is 0 Å². The SMILES string of the molecule is C=C(C)SC1CCN(C(=O)OC(C)(C)C)C1. The molecule has 0 N–H and O–H groups in total. The van der Waals surface area contributed by atoms with Crippen LogP contribution in [0.15, 0.2) is 11.5 Å². The van der Waals surface area contributed by atoms with Crippen molar-refractivity contribution in [3.05, 3.63) is 11.5 Å². The van der Waals surface area contributed by atoms with Gasteiger partial charge in [-0.3, -0.25) is 0 Å². The Morgan fingerprint density at radius 1 is 1.50 bits per heavy atom. The lowest BCUT2D eigenvalue weighted by Crippen LogP contribution is -2.35. The summed E-state index contributed by atoms with van der Waals surface area (Å²) in [4.78, 5) is 14.7. The van der Waals surface area contributed by atoms with E-state index < -0.39 is 5.60 Å². The van der Waals surface area contributed by atoms with Crippen molar-refractivity contribution in [2.75, 3.05) is 13.1 Å². The molecule has 0 aromatic carbocycles. The zero-order valence-electron chi connectivity index (χ0n) is 10.6. The zero-order valence-corrected chi connectivity index (χ0v) is 11.4. The molecule has 1 atom stereocenters. The first-order valence-electron chi connectivity index (χ1n) is 5.58. The molecule has 1 unspecified atom stereocenters. The fraction of sp³-hybridized carbons (Fsp3) is 0.750. The zero-order chi connectivity index (χ0) is 12.3. The molecular formula is C12H21NO2S. The topological polar surface area (TPSA) is 29.5 Å². The van der Waals surface area contributed by atoms with Crippen LogP contribution in [-0.2, 0) is 4.74 Å². The van der Waals surface area contributed by atoms with Crippen molar-refractivity contribution in [1.29, 1.82) is 0 Å². The molecule has 1 rings (SSSR count). The molecule has 0 aromatic heterocycles. The predicted molar refractivity (Wildman–Crippen MR) is 68.6 cm³/mol. The second-order valence-electron chi connectivity index (χ2n) is 5.16. The highest BCUT2D eigenvalue weighted by atomic mass is 32.2. The van der Waals surface area contributed by atoms with Crippen LogP contribution in [-0.4, -0.2) is 34.9 Å². The molecule has 92 valence electrons. The van der Waals surface area contributed by atoms with Crippen LogP contribution in [0, 0.1) is 0 Å². The summed E-state index contributed by atoms with van der Waals surface area (Å²) in [6, 6.07) is 0. The van der Waals surface area contributed by atoms with Crippen molar-refractivity contribution in [3.63, 3.8) is 0 Å². The summed E-state index contributed by atoms with van der Waals surface area (Å²) >= 11 is 1.76. The maximum Gasteiger partial charge on any atom is 0.410 e. The number of carbonyl (C=O) groups is 1. The quantitative estimate of drug-likeness (QED) is 0.745. The van der Waals surface area contributed by atoms with Crippen molar-refractivity contribution < 1.29 is 9.53 Å². The van der Waals surface area contributed by atoms with Crippen LogP contribution in [0.5, 0.6) is 0 Å². The number of hydrogen-bond donors (Lipinski definition) is 0. The molecule has 1 aliphatic heterocycles. The van der Waals surface area contributed by atoms with E-state index in [1.54, 1.807) is 16.7 Å². The van der Waals surface area contributed by atoms with Crippen LogP contribution >= 0.6 is 11.8 Å². The monoisotopic (exact) mass is 243 g/mol. The molecule has 0 bridgehead atoms. The Morgan fingerprint density at radius 3 is 2.62 bits per heavy atom. The smallest absolute Gasteiger partial charge is 0.410 e. The van der Waals surface area contributed by atoms with E-state index in [-0.39, 0.29) is 6.09 Å². The van der Waals surface area contributed by atoms with Crippen LogP contribution in [0.2, 0.25) is 0 Å². The van der Waals surface area contributed by atoms with E-state index in [0.717, 1.165) is 24.4 Å². The Labute approximate surface area is 102 Å². The van der Waals surface area contributed by atoms with Crippen molar-refractivity contribution in [2.45, 2.75) is 45.0 Å². The number of hydrogen-bond acceptors (Lipinski definition) is 3. The van der Waals surface area contributed by atoms with Gasteiger partial charge in [-0.2, -0.15) is 0 Å². The second kappa shape index (κ2) is 5.13. The number of allylic oxidation sites excluding steroid dienone is 1. The summed E-state index contributed by atoms with van der Waals surface area (Å²) in [5.74, 6) is 0. The third-order valence-corrected chi connectivity index (χ3v) is 3.29. The fourth-order valence-electron chi connectivity index (χ4n) is 1.60. The summed E-state index contributed by atoms with van der Waals surface area (Å²) in [6.07, 6.45) is 0.828. The van der Waals surface area contributed by atoms with Crippen LogP contribution in [0.25, 0.3) is 0 Å². The van der Waals surface area contributed by atoms with Crippen LogP contribution < -0.4 is 0 Å². The van der Waals surface area contributed by atoms with Crippen molar-refractivity contribution in [3.8, 4) is 0 Å². The maximum absolute atomic E-state index is 11.8. The van der Waals surface area contributed by atoms with Gasteiger partial charge < -0.3 is 9.64 Å². The Hall–Kier alpha value is -0.640. The second-order valence-corrected chi connectivity index (χ2v) is 6.76. The van der Waals surface area contributed by atoms with Gasteiger partial charge in [0.1, 0.15) is 5.60 Å². The fourth-order valence-corrected chi connectivity index (χ4v) is 2.65. The van der Waals surface area contributed by atoms with Gasteiger partial charge in [-0.1, -0.05) is 6.58 Å². The van der Waals surface area contributed by atoms with Gasteiger partial charge in [-0.25, -0.2) is 4.79 Å². The normalized spacial score (nSPS) is 21.0. The molecule has 1 aliphatic rings. The summed E-state index contributed by atoms with van der Waals surface area (Å²) in [5.41, 5.74) is -0.406. The first kappa shape index (κ1) is 13.4. The number of carbonyl (C=O) groups excluding carboxylic acids is 1. The minimum Gasteiger partial charge on any atom is -0.444 e. The predicted octanol–water partition coefficient (Wildman–Crippen LogP) is 3.26. The summed E-state index contributed by atoms with van der Waals surface area (Å²) in [5, 5.41) is 0.477. The van der Waals surface area contributed by atoms with Crippen molar-refractivity contribution in [1.82, 2.24) is 4.90 Å². The largest absolute Gasteiger partial charge is 0.444 e. The first-order valence-corrected chi connectivity index (χ1v) is 6.46. The number of ether oxygens (including phenoxy) is 1. The molecule has 0 saturated carbocycles. The van der Waals surface area contributed by atoms with Crippen LogP contribution in [0.4, 0.5) is 4.79 Å². The number of likely N-dealkylation sites (tertiary alicyclic amines) is 1. The highest BCUT2D eigenvalue weighted by Crippen LogP contribution is 2.28. The van der Waals surface area contributed by atoms with E-state index in [4.69, 9.17) is 4.74 Å². The summed E-state index contributed by atoms with van der Waals surface area (Å²) in [7, 11) is 0. The molecular weight excluding hydrogens is 222 g/mol. The van der Waals surface area contributed by atoms with E-state index in [9.17, 15) is 4.79 Å². The molecule has 16 heavy (non-hydrogen) atoms. The third kappa shape index (κ3) is 4.47. The van der Waals surface area contributed by atoms with E-state index in [1.165, 1.54) is 0 Å². The van der Waals surface area contributed by atoms with Gasteiger partial charge in [0.05, 0.1) is 0 Å². The molecule has 3 nitrogen and oxygen atoms in total. The van der Waals surface area contributed by atoms with Crippen molar-refractivity contribution in [2.24, 2.45) is 0 Å². The summed E-state index contributed by atoms with van der Waals surface area (Å²) < 4.78 is 5.33. The average Bonchev–Trinajstić information content (AvgIpc) is 2.48. The van der Waals surface area contributed by atoms with Gasteiger partial charge in [-0.05, 0) is 39.0 Å². The number of amides is 1. The number of thioether (sulfide) groups is 1. The molecule has 4 heteroatoms. The lowest BCUT2D eigenvalue weighted by atomic mass is 10.2. The minimum absolute atomic E-state index is 0.197. The molecule has 1 saturated heterocycles. The molecule has 1 fully saturated rings. The highest BCUT2D eigenvalue weighted by molar-refractivity contribution is 8.03. The number of nitrogens with zero attached hydrogens (tertiary/aromatic N) is 1. The van der Waals surface area contributed by atoms with Gasteiger partial charge in [0.15, 0.2) is 0 Å². The third-order valence-electron chi connectivity index (χ3n) is 2.16. The molecule has 0 radical (unpaired) electrons. The van der Waals surface area contributed by atoms with E-state index >= 15 is 0 Å². The highest BCUT2D eigenvalue weighted by Gasteiger charge is 2.29. The minimum atomic E-state index is -0.406. The standard InChI is InChI=1S/C12H21NO2S/c1-9(2)16-10-6-7-13(8-10)11(14)15-12(3,4)5/h10H,1,6-8H2,2-5H3. The molecule has 1 amide bonds. The van der Waals surface area contributed by atoms with Gasteiger partial charge in [0.25, 0.3) is 0 Å². The lowest BCUT2D eigenvalue weighted by Gasteiger charge is -2.24. The van der Waals surface area contributed by atoms with Crippen molar-refractivity contribution >= 4 is 17.9 Å². The maximum atomic E-state index is 11.8. The Bertz CT molecular complexity index is 283. The number of rotatable bonds is 2. The Kier molecular flexibility index (Phi) is 4.30. The molecule has 0 aliphatic carbocycles. The van der Waals surface area contributed by atoms with E-state index in [1.807, 2.05) is 27.7 Å². The lowest BCUT2D eigenvalue weighted by molar-refractivity contribution is 0.0295. The summed E-state index contributed by atoms with van der Waals surface area (Å²) in [6.45, 7) is 13.1. The van der Waals surface area contributed by atoms with Gasteiger partial charge >= 0.3 is 6.09 Å². The van der Waals surface area contributed by atoms with Crippen LogP contribution in [0.3, 0.4) is 0 Å². The van der Waals surface area contributed by atoms with Gasteiger partial charge in [0, 0.05) is 18.3 Å². The average molecular weight is 243 g/mol. The Balaban J connectivity index is 2.41. The van der Waals surface area contributed by atoms with E-state index in [2.05, 4.69) is 6.58 Å². The van der Waals surface area contributed by atoms with Gasteiger partial charge in [-0.15, -0.1) is 11.8 Å². The molecule has 0 spiro atoms. The van der Waals surface area contributed by atoms with E-state index in [0.29, 0.717) is 5.25 Å². The molecule has 1 heterocycles. The Morgan fingerprint density at radius 2 is 2.12 bits per heavy atom.